The van der Waals surface area contributed by atoms with Gasteiger partial charge in [-0.1, -0.05) is 60.7 Å². The zero-order valence-electron chi connectivity index (χ0n) is 18.6. The Kier molecular flexibility index (Phi) is 5.85. The van der Waals surface area contributed by atoms with Crippen LogP contribution in [0, 0.1) is 0 Å². The number of fused-ring (bicyclic) bond motifs is 1. The molecular weight excluding hydrogens is 426 g/mol. The molecule has 0 amide bonds. The van der Waals surface area contributed by atoms with Crippen molar-refractivity contribution >= 4 is 10.9 Å². The largest absolute Gasteiger partial charge is 0.506 e. The first-order valence-electron chi connectivity index (χ1n) is 10.9. The van der Waals surface area contributed by atoms with Crippen molar-refractivity contribution in [2.45, 2.75) is 6.61 Å². The van der Waals surface area contributed by atoms with Crippen LogP contribution in [0.5, 0.6) is 17.2 Å². The summed E-state index contributed by atoms with van der Waals surface area (Å²) in [6.45, 7) is 0.485. The maximum Gasteiger partial charge on any atom is 0.260 e. The molecule has 0 atom stereocenters. The first kappa shape index (κ1) is 21.5. The van der Waals surface area contributed by atoms with Crippen LogP contribution < -0.4 is 10.3 Å². The Morgan fingerprint density at radius 1 is 0.794 bits per heavy atom. The number of hydrogen-bond donors (Lipinski definition) is 2. The van der Waals surface area contributed by atoms with E-state index in [4.69, 9.17) is 9.47 Å². The number of H-pyrrole nitrogens is 1. The average Bonchev–Trinajstić information content (AvgIpc) is 2.86. The minimum Gasteiger partial charge on any atom is -0.506 e. The van der Waals surface area contributed by atoms with E-state index < -0.39 is 0 Å². The Balaban J connectivity index is 1.51. The SMILES string of the molecule is COCc1ccccc1-c1ccc2c(O)c(-c3ccc(Oc4ccccc4)cc3)c(=O)[nH]c2c1. The number of hydrogen-bond acceptors (Lipinski definition) is 4. The van der Waals surface area contributed by atoms with Crippen LogP contribution in [0.25, 0.3) is 33.2 Å². The number of aromatic amines is 1. The molecule has 2 N–H and O–H groups in total. The molecule has 0 spiro atoms. The fourth-order valence-electron chi connectivity index (χ4n) is 4.11. The third-order valence-electron chi connectivity index (χ3n) is 5.74. The fourth-order valence-corrected chi connectivity index (χ4v) is 4.11. The molecule has 0 aliphatic rings. The van der Waals surface area contributed by atoms with E-state index >= 15 is 0 Å². The second kappa shape index (κ2) is 9.25. The quantitative estimate of drug-likeness (QED) is 0.310. The molecule has 0 aliphatic carbocycles. The molecule has 0 radical (unpaired) electrons. The van der Waals surface area contributed by atoms with E-state index in [0.717, 1.165) is 22.4 Å². The lowest BCUT2D eigenvalue weighted by Gasteiger charge is -2.12. The number of para-hydroxylation sites is 1. The molecule has 0 bridgehead atoms. The first-order chi connectivity index (χ1) is 16.6. The van der Waals surface area contributed by atoms with Crippen molar-refractivity contribution in [2.24, 2.45) is 0 Å². The maximum absolute atomic E-state index is 13.0. The molecular formula is C29H23NO4. The molecule has 5 heteroatoms. The highest BCUT2D eigenvalue weighted by atomic mass is 16.5. The number of methoxy groups -OCH3 is 1. The third-order valence-corrected chi connectivity index (χ3v) is 5.74. The van der Waals surface area contributed by atoms with Gasteiger partial charge in [-0.25, -0.2) is 0 Å². The van der Waals surface area contributed by atoms with Crippen molar-refractivity contribution in [2.75, 3.05) is 7.11 Å². The Morgan fingerprint density at radius 3 is 2.24 bits per heavy atom. The second-order valence-electron chi connectivity index (χ2n) is 7.97. The summed E-state index contributed by atoms with van der Waals surface area (Å²) in [6.07, 6.45) is 0. The lowest BCUT2D eigenvalue weighted by atomic mass is 9.97. The van der Waals surface area contributed by atoms with Gasteiger partial charge in [-0.05, 0) is 58.7 Å². The minimum atomic E-state index is -0.357. The van der Waals surface area contributed by atoms with Crippen LogP contribution in [0.3, 0.4) is 0 Å². The van der Waals surface area contributed by atoms with Crippen LogP contribution >= 0.6 is 0 Å². The number of pyridine rings is 1. The number of rotatable bonds is 6. The summed E-state index contributed by atoms with van der Waals surface area (Å²) in [4.78, 5) is 15.9. The number of aromatic nitrogens is 1. The molecule has 1 aromatic heterocycles. The summed E-state index contributed by atoms with van der Waals surface area (Å²) in [5, 5.41) is 11.6. The van der Waals surface area contributed by atoms with Crippen LogP contribution in [0.4, 0.5) is 0 Å². The monoisotopic (exact) mass is 449 g/mol. The van der Waals surface area contributed by atoms with Crippen LogP contribution in [0.1, 0.15) is 5.56 Å². The zero-order chi connectivity index (χ0) is 23.5. The predicted molar refractivity (Wildman–Crippen MR) is 134 cm³/mol. The van der Waals surface area contributed by atoms with Gasteiger partial charge in [0.2, 0.25) is 0 Å². The molecule has 5 nitrogen and oxygen atoms in total. The average molecular weight is 450 g/mol. The molecule has 4 aromatic carbocycles. The number of nitrogens with one attached hydrogen (secondary N) is 1. The first-order valence-corrected chi connectivity index (χ1v) is 10.9. The van der Waals surface area contributed by atoms with Crippen molar-refractivity contribution in [1.29, 1.82) is 0 Å². The van der Waals surface area contributed by atoms with Crippen LogP contribution in [0.15, 0.2) is 102 Å². The van der Waals surface area contributed by atoms with Crippen LogP contribution in [-0.2, 0) is 11.3 Å². The van der Waals surface area contributed by atoms with Crippen molar-refractivity contribution in [3.05, 3.63) is 113 Å². The second-order valence-corrected chi connectivity index (χ2v) is 7.97. The molecule has 0 saturated heterocycles. The van der Waals surface area contributed by atoms with Crippen molar-refractivity contribution in [1.82, 2.24) is 4.98 Å². The van der Waals surface area contributed by atoms with Crippen molar-refractivity contribution in [3.8, 4) is 39.5 Å². The van der Waals surface area contributed by atoms with E-state index in [1.165, 1.54) is 0 Å². The van der Waals surface area contributed by atoms with Gasteiger partial charge in [-0.3, -0.25) is 4.79 Å². The van der Waals surface area contributed by atoms with Gasteiger partial charge in [0.15, 0.2) is 0 Å². The van der Waals surface area contributed by atoms with E-state index in [9.17, 15) is 9.90 Å². The number of aromatic hydroxyl groups is 1. The standard InChI is InChI=1S/C29H23NO4/c1-33-18-21-7-5-6-10-24(21)20-13-16-25-26(17-20)30-29(32)27(28(25)31)19-11-14-23(15-12-19)34-22-8-3-2-4-9-22/h2-17H,18H2,1H3,(H2,30,31,32). The molecule has 5 rings (SSSR count). The molecule has 168 valence electrons. The van der Waals surface area contributed by atoms with Gasteiger partial charge in [0, 0.05) is 12.5 Å². The highest BCUT2D eigenvalue weighted by Crippen LogP contribution is 2.35. The molecule has 0 aliphatic heterocycles. The normalized spacial score (nSPS) is 11.0. The van der Waals surface area contributed by atoms with Crippen molar-refractivity contribution < 1.29 is 14.6 Å². The molecule has 0 unspecified atom stereocenters. The van der Waals surface area contributed by atoms with Gasteiger partial charge in [0.05, 0.1) is 17.7 Å². The molecule has 0 fully saturated rings. The van der Waals surface area contributed by atoms with E-state index in [2.05, 4.69) is 4.98 Å². The Morgan fingerprint density at radius 2 is 1.47 bits per heavy atom. The fraction of sp³-hybridized carbons (Fsp3) is 0.0690. The summed E-state index contributed by atoms with van der Waals surface area (Å²) < 4.78 is 11.1. The molecule has 34 heavy (non-hydrogen) atoms. The van der Waals surface area contributed by atoms with Gasteiger partial charge in [-0.15, -0.1) is 0 Å². The summed E-state index contributed by atoms with van der Waals surface area (Å²) in [6, 6.07) is 30.2. The van der Waals surface area contributed by atoms with Gasteiger partial charge >= 0.3 is 0 Å². The minimum absolute atomic E-state index is 0.0489. The maximum atomic E-state index is 13.0. The lowest BCUT2D eigenvalue weighted by Crippen LogP contribution is -2.09. The van der Waals surface area contributed by atoms with Gasteiger partial charge in [0.25, 0.3) is 5.56 Å². The zero-order valence-corrected chi connectivity index (χ0v) is 18.6. The number of ether oxygens (including phenoxy) is 2. The topological polar surface area (TPSA) is 71.5 Å². The molecule has 5 aromatic rings. The van der Waals surface area contributed by atoms with Gasteiger partial charge in [-0.2, -0.15) is 0 Å². The summed E-state index contributed by atoms with van der Waals surface area (Å²) >= 11 is 0. The summed E-state index contributed by atoms with van der Waals surface area (Å²) in [7, 11) is 1.66. The molecule has 1 heterocycles. The Bertz CT molecular complexity index is 1510. The van der Waals surface area contributed by atoms with E-state index in [1.807, 2.05) is 72.8 Å². The number of benzene rings is 4. The highest BCUT2D eigenvalue weighted by Gasteiger charge is 2.15. The lowest BCUT2D eigenvalue weighted by molar-refractivity contribution is 0.185. The van der Waals surface area contributed by atoms with Gasteiger partial charge < -0.3 is 19.6 Å². The summed E-state index contributed by atoms with van der Waals surface area (Å²) in [5.41, 5.74) is 4.05. The van der Waals surface area contributed by atoms with Crippen molar-refractivity contribution in [3.63, 3.8) is 0 Å². The van der Waals surface area contributed by atoms with Crippen LogP contribution in [-0.4, -0.2) is 17.2 Å². The Hall–Kier alpha value is -4.35. The van der Waals surface area contributed by atoms with E-state index in [0.29, 0.717) is 28.8 Å². The Labute approximate surface area is 196 Å². The smallest absolute Gasteiger partial charge is 0.260 e. The van der Waals surface area contributed by atoms with Gasteiger partial charge in [0.1, 0.15) is 17.2 Å². The molecule has 0 saturated carbocycles. The summed E-state index contributed by atoms with van der Waals surface area (Å²) in [5.74, 6) is 1.32. The van der Waals surface area contributed by atoms with Crippen LogP contribution in [0.2, 0.25) is 0 Å². The van der Waals surface area contributed by atoms with E-state index in [1.54, 1.807) is 31.4 Å². The third kappa shape index (κ3) is 4.17. The van der Waals surface area contributed by atoms with E-state index in [-0.39, 0.29) is 16.9 Å². The predicted octanol–water partition coefficient (Wildman–Crippen LogP) is 6.51. The highest BCUT2D eigenvalue weighted by molar-refractivity contribution is 5.94.